The number of carbonyl (C=O) groups excluding carboxylic acids is 2. The minimum absolute atomic E-state index is 0.161. The smallest absolute Gasteiger partial charge is 0.442 e. The highest BCUT2D eigenvalue weighted by molar-refractivity contribution is 5.80. The van der Waals surface area contributed by atoms with Crippen molar-refractivity contribution in [2.75, 3.05) is 6.61 Å². The Morgan fingerprint density at radius 2 is 1.76 bits per heavy atom. The fourth-order valence-corrected chi connectivity index (χ4v) is 6.71. The van der Waals surface area contributed by atoms with Crippen LogP contribution in [0, 0.1) is 17.3 Å². The summed E-state index contributed by atoms with van der Waals surface area (Å²) < 4.78 is 62.1. The van der Waals surface area contributed by atoms with Gasteiger partial charge in [-0.25, -0.2) is 4.79 Å². The van der Waals surface area contributed by atoms with Crippen LogP contribution in [0.1, 0.15) is 25.0 Å². The minimum atomic E-state index is -4.67. The van der Waals surface area contributed by atoms with E-state index in [9.17, 15) is 38.1 Å². The molecule has 37 heavy (non-hydrogen) atoms. The third kappa shape index (κ3) is 2.69. The average molecular weight is 528 g/mol. The van der Waals surface area contributed by atoms with E-state index in [-0.39, 0.29) is 12.2 Å². The maximum absolute atomic E-state index is 13.2. The van der Waals surface area contributed by atoms with Crippen LogP contribution in [-0.2, 0) is 40.8 Å². The van der Waals surface area contributed by atoms with Crippen molar-refractivity contribution in [1.29, 1.82) is 0 Å². The van der Waals surface area contributed by atoms with Crippen LogP contribution < -0.4 is 0 Å². The van der Waals surface area contributed by atoms with Gasteiger partial charge in [-0.3, -0.25) is 4.79 Å². The Morgan fingerprint density at radius 3 is 2.32 bits per heavy atom. The monoisotopic (exact) mass is 528 g/mol. The van der Waals surface area contributed by atoms with Crippen LogP contribution in [0.25, 0.3) is 0 Å². The minimum Gasteiger partial charge on any atom is -0.456 e. The van der Waals surface area contributed by atoms with Gasteiger partial charge in [0.25, 0.3) is 0 Å². The number of benzene rings is 1. The SMILES string of the molecule is C[C@@H]1C(=O)OC2[C@H](O)[C@@]3(C)C4C(OC(=O)[C@@H]4OCc4ccc(C5(C(F)(F)F)N=N5)cc4)OC3(CO)[C@]21O. The summed E-state index contributed by atoms with van der Waals surface area (Å²) in [4.78, 5) is 25.0. The molecule has 4 fully saturated rings. The zero-order chi connectivity index (χ0) is 26.8. The first-order valence-corrected chi connectivity index (χ1v) is 11.6. The molecule has 9 atom stereocenters. The third-order valence-corrected chi connectivity index (χ3v) is 8.91. The molecular formula is C23H23F3N2O9. The van der Waals surface area contributed by atoms with E-state index in [1.165, 1.54) is 38.1 Å². The molecule has 0 amide bonds. The standard InChI is InChI=1S/C23H23F3N2O9/c1-9-16(31)35-15-14(30)19(2)12-13(17(32)36-18(12)37-20(19,8-29)21(9,15)33)34-7-10-3-5-11(6-4-10)22(27-28-22)23(24,25)26/h3-6,9,12-15,18,29-30,33H,7-8H2,1-2H3/t9-,12?,13-,14+,15?,18?,19-,20?,21-/m1/s1. The van der Waals surface area contributed by atoms with Gasteiger partial charge >= 0.3 is 23.8 Å². The van der Waals surface area contributed by atoms with Crippen molar-refractivity contribution in [2.45, 2.75) is 68.1 Å². The molecule has 3 N–H and O–H groups in total. The summed E-state index contributed by atoms with van der Waals surface area (Å²) >= 11 is 0. The number of carbonyl (C=O) groups is 2. The van der Waals surface area contributed by atoms with E-state index < -0.39 is 83.4 Å². The molecule has 0 radical (unpaired) electrons. The molecule has 0 spiro atoms. The molecule has 14 heteroatoms. The molecular weight excluding hydrogens is 505 g/mol. The second-order valence-corrected chi connectivity index (χ2v) is 10.4. The Morgan fingerprint density at radius 1 is 1.11 bits per heavy atom. The first-order chi connectivity index (χ1) is 17.3. The van der Waals surface area contributed by atoms with Gasteiger partial charge in [0, 0.05) is 11.0 Å². The second-order valence-electron chi connectivity index (χ2n) is 10.4. The zero-order valence-corrected chi connectivity index (χ0v) is 19.5. The Kier molecular flexibility index (Phi) is 4.84. The Hall–Kier alpha value is -2.65. The van der Waals surface area contributed by atoms with Crippen LogP contribution in [0.2, 0.25) is 0 Å². The van der Waals surface area contributed by atoms with Crippen molar-refractivity contribution < 1.29 is 57.0 Å². The largest absolute Gasteiger partial charge is 0.456 e. The van der Waals surface area contributed by atoms with Crippen molar-refractivity contribution in [3.8, 4) is 0 Å². The lowest BCUT2D eigenvalue weighted by molar-refractivity contribution is -0.251. The molecule has 5 aliphatic rings. The summed E-state index contributed by atoms with van der Waals surface area (Å²) in [7, 11) is 0. The Balaban J connectivity index is 1.26. The van der Waals surface area contributed by atoms with Gasteiger partial charge < -0.3 is 34.3 Å². The van der Waals surface area contributed by atoms with E-state index in [1.54, 1.807) is 0 Å². The van der Waals surface area contributed by atoms with E-state index in [0.717, 1.165) is 0 Å². The van der Waals surface area contributed by atoms with Crippen LogP contribution in [0.15, 0.2) is 34.5 Å². The summed E-state index contributed by atoms with van der Waals surface area (Å²) in [6.07, 6.45) is -10.2. The fourth-order valence-electron chi connectivity index (χ4n) is 6.71. The second kappa shape index (κ2) is 7.26. The topological polar surface area (TPSA) is 156 Å². The van der Waals surface area contributed by atoms with Gasteiger partial charge in [-0.2, -0.15) is 13.2 Å². The molecule has 11 nitrogen and oxygen atoms in total. The molecule has 1 saturated carbocycles. The highest BCUT2D eigenvalue weighted by Gasteiger charge is 2.88. The van der Waals surface area contributed by atoms with Crippen molar-refractivity contribution in [2.24, 2.45) is 27.5 Å². The molecule has 200 valence electrons. The number of aliphatic hydroxyl groups excluding tert-OH is 2. The number of nitrogens with zero attached hydrogens (tertiary/aromatic N) is 2. The highest BCUT2D eigenvalue weighted by atomic mass is 19.4. The zero-order valence-electron chi connectivity index (χ0n) is 19.5. The molecule has 6 rings (SSSR count). The maximum Gasteiger partial charge on any atom is 0.442 e. The quantitative estimate of drug-likeness (QED) is 0.468. The van der Waals surface area contributed by atoms with E-state index in [1.807, 2.05) is 0 Å². The number of esters is 2. The number of hydrogen-bond donors (Lipinski definition) is 3. The van der Waals surface area contributed by atoms with E-state index in [2.05, 4.69) is 10.2 Å². The molecule has 1 aliphatic carbocycles. The van der Waals surface area contributed by atoms with Gasteiger partial charge in [-0.05, 0) is 12.5 Å². The van der Waals surface area contributed by atoms with Crippen molar-refractivity contribution in [3.05, 3.63) is 35.4 Å². The normalized spacial score (nSPS) is 44.9. The first kappa shape index (κ1) is 24.7. The van der Waals surface area contributed by atoms with E-state index in [0.29, 0.717) is 5.56 Å². The van der Waals surface area contributed by atoms with E-state index in [4.69, 9.17) is 18.9 Å². The molecule has 1 aromatic rings. The predicted octanol–water partition coefficient (Wildman–Crippen LogP) is 0.686. The van der Waals surface area contributed by atoms with Gasteiger partial charge in [0.05, 0.1) is 25.0 Å². The lowest BCUT2D eigenvalue weighted by Gasteiger charge is -2.45. The average Bonchev–Trinajstić information content (AvgIpc) is 3.48. The number of ether oxygens (including phenoxy) is 4. The lowest BCUT2D eigenvalue weighted by atomic mass is 9.62. The maximum atomic E-state index is 13.2. The van der Waals surface area contributed by atoms with Crippen molar-refractivity contribution in [3.63, 3.8) is 0 Å². The van der Waals surface area contributed by atoms with Gasteiger partial charge in [-0.1, -0.05) is 31.2 Å². The molecule has 3 saturated heterocycles. The van der Waals surface area contributed by atoms with Gasteiger partial charge in [-0.15, -0.1) is 10.2 Å². The van der Waals surface area contributed by atoms with Crippen LogP contribution in [0.5, 0.6) is 0 Å². The number of fused-ring (bicyclic) bond motifs is 5. The Labute approximate surface area is 207 Å². The number of hydrogen-bond acceptors (Lipinski definition) is 11. The summed E-state index contributed by atoms with van der Waals surface area (Å²) in [5, 5.41) is 39.7. The predicted molar refractivity (Wildman–Crippen MR) is 110 cm³/mol. The number of rotatable bonds is 5. The van der Waals surface area contributed by atoms with Crippen LogP contribution in [0.4, 0.5) is 13.2 Å². The molecule has 1 aromatic carbocycles. The Bertz CT molecular complexity index is 1200. The summed E-state index contributed by atoms with van der Waals surface area (Å²) in [6, 6.07) is 5.19. The van der Waals surface area contributed by atoms with Crippen molar-refractivity contribution in [1.82, 2.24) is 0 Å². The summed E-state index contributed by atoms with van der Waals surface area (Å²) in [5.74, 6) is -3.75. The molecule has 0 aromatic heterocycles. The number of aliphatic hydroxyl groups is 3. The molecule has 4 aliphatic heterocycles. The lowest BCUT2D eigenvalue weighted by Crippen LogP contribution is -2.64. The van der Waals surface area contributed by atoms with Gasteiger partial charge in [0.15, 0.2) is 12.2 Å². The first-order valence-electron chi connectivity index (χ1n) is 11.6. The van der Waals surface area contributed by atoms with Gasteiger partial charge in [0.1, 0.15) is 17.3 Å². The summed E-state index contributed by atoms with van der Waals surface area (Å²) in [5.41, 5.74) is -7.87. The van der Waals surface area contributed by atoms with Gasteiger partial charge in [0.2, 0.25) is 6.29 Å². The van der Waals surface area contributed by atoms with Crippen LogP contribution in [-0.4, -0.2) is 75.8 Å². The summed E-state index contributed by atoms with van der Waals surface area (Å²) in [6.45, 7) is 1.87. The molecule has 0 bridgehead atoms. The highest BCUT2D eigenvalue weighted by Crippen LogP contribution is 2.69. The number of halogens is 3. The fraction of sp³-hybridized carbons (Fsp3) is 0.652. The van der Waals surface area contributed by atoms with Crippen LogP contribution in [0.3, 0.4) is 0 Å². The number of alkyl halides is 3. The molecule has 4 unspecified atom stereocenters. The van der Waals surface area contributed by atoms with Crippen molar-refractivity contribution >= 4 is 11.9 Å². The molecule has 4 heterocycles. The van der Waals surface area contributed by atoms with Crippen LogP contribution >= 0.6 is 0 Å². The third-order valence-electron chi connectivity index (χ3n) is 8.91. The van der Waals surface area contributed by atoms with E-state index >= 15 is 0 Å².